The lowest BCUT2D eigenvalue weighted by Gasteiger charge is -2.09. The Hall–Kier alpha value is -0.890. The van der Waals surface area contributed by atoms with E-state index in [1.54, 1.807) is 0 Å². The minimum atomic E-state index is -4.45. The number of anilines is 1. The van der Waals surface area contributed by atoms with Crippen LogP contribution in [0.25, 0.3) is 0 Å². The molecule has 1 aliphatic rings. The van der Waals surface area contributed by atoms with Crippen molar-refractivity contribution in [3.8, 4) is 0 Å². The molecule has 2 heterocycles. The molecule has 4 nitrogen and oxygen atoms in total. The SMILES string of the molecule is FC(F)(F)c1nsc(NCCC2CCCN2)n1. The Morgan fingerprint density at radius 1 is 1.47 bits per heavy atom. The Bertz CT molecular complexity index is 359. The second-order valence-electron chi connectivity index (χ2n) is 3.93. The third-order valence-corrected chi connectivity index (χ3v) is 3.28. The molecule has 2 rings (SSSR count). The van der Waals surface area contributed by atoms with Crippen LogP contribution in [0.1, 0.15) is 25.1 Å². The van der Waals surface area contributed by atoms with E-state index in [4.69, 9.17) is 0 Å². The van der Waals surface area contributed by atoms with Crippen molar-refractivity contribution in [1.29, 1.82) is 0 Å². The number of hydrogen-bond donors (Lipinski definition) is 2. The van der Waals surface area contributed by atoms with E-state index in [9.17, 15) is 13.2 Å². The fraction of sp³-hybridized carbons (Fsp3) is 0.778. The van der Waals surface area contributed by atoms with Gasteiger partial charge in [-0.15, -0.1) is 0 Å². The second kappa shape index (κ2) is 5.18. The van der Waals surface area contributed by atoms with Gasteiger partial charge in [-0.1, -0.05) is 0 Å². The molecule has 1 fully saturated rings. The fourth-order valence-corrected chi connectivity index (χ4v) is 2.38. The Morgan fingerprint density at radius 3 is 2.88 bits per heavy atom. The number of rotatable bonds is 4. The van der Waals surface area contributed by atoms with E-state index in [-0.39, 0.29) is 5.13 Å². The van der Waals surface area contributed by atoms with Gasteiger partial charge in [0.15, 0.2) is 0 Å². The Balaban J connectivity index is 1.77. The van der Waals surface area contributed by atoms with Gasteiger partial charge in [-0.05, 0) is 25.8 Å². The van der Waals surface area contributed by atoms with E-state index in [1.165, 1.54) is 6.42 Å². The molecule has 1 saturated heterocycles. The first-order chi connectivity index (χ1) is 8.05. The van der Waals surface area contributed by atoms with Crippen LogP contribution >= 0.6 is 11.5 Å². The van der Waals surface area contributed by atoms with Crippen LogP contribution in [-0.2, 0) is 6.18 Å². The van der Waals surface area contributed by atoms with Gasteiger partial charge in [0.1, 0.15) is 0 Å². The quantitative estimate of drug-likeness (QED) is 0.876. The summed E-state index contributed by atoms with van der Waals surface area (Å²) in [6, 6.07) is 0.470. The molecule has 8 heteroatoms. The summed E-state index contributed by atoms with van der Waals surface area (Å²) in [6.07, 6.45) is -1.27. The van der Waals surface area contributed by atoms with Crippen molar-refractivity contribution in [2.45, 2.75) is 31.5 Å². The van der Waals surface area contributed by atoms with Gasteiger partial charge in [0.25, 0.3) is 0 Å². The highest BCUT2D eigenvalue weighted by Crippen LogP contribution is 2.28. The van der Waals surface area contributed by atoms with Crippen molar-refractivity contribution in [3.63, 3.8) is 0 Å². The van der Waals surface area contributed by atoms with Crippen LogP contribution in [0.4, 0.5) is 18.3 Å². The molecule has 0 radical (unpaired) electrons. The molecular weight excluding hydrogens is 253 g/mol. The molecule has 1 atom stereocenters. The molecule has 1 aromatic heterocycles. The number of nitrogens with one attached hydrogen (secondary N) is 2. The van der Waals surface area contributed by atoms with E-state index in [1.807, 2.05) is 0 Å². The molecule has 0 aromatic carbocycles. The zero-order valence-electron chi connectivity index (χ0n) is 9.05. The predicted octanol–water partition coefficient (Wildman–Crippen LogP) is 2.11. The summed E-state index contributed by atoms with van der Waals surface area (Å²) in [6.45, 7) is 1.64. The molecule has 0 amide bonds. The normalized spacial score (nSPS) is 20.8. The lowest BCUT2D eigenvalue weighted by Crippen LogP contribution is -2.24. The van der Waals surface area contributed by atoms with Gasteiger partial charge in [0.2, 0.25) is 11.0 Å². The summed E-state index contributed by atoms with van der Waals surface area (Å²) in [5.74, 6) is -1.07. The van der Waals surface area contributed by atoms with Gasteiger partial charge in [0.05, 0.1) is 0 Å². The van der Waals surface area contributed by atoms with Crippen molar-refractivity contribution in [2.24, 2.45) is 0 Å². The number of nitrogens with zero attached hydrogens (tertiary/aromatic N) is 2. The largest absolute Gasteiger partial charge is 0.452 e. The van der Waals surface area contributed by atoms with Crippen molar-refractivity contribution in [2.75, 3.05) is 18.4 Å². The van der Waals surface area contributed by atoms with E-state index in [2.05, 4.69) is 20.0 Å². The van der Waals surface area contributed by atoms with E-state index < -0.39 is 12.0 Å². The van der Waals surface area contributed by atoms with Crippen LogP contribution in [0.2, 0.25) is 0 Å². The molecule has 2 N–H and O–H groups in total. The van der Waals surface area contributed by atoms with Crippen LogP contribution in [0.5, 0.6) is 0 Å². The molecule has 1 aromatic rings. The molecule has 17 heavy (non-hydrogen) atoms. The van der Waals surface area contributed by atoms with Gasteiger partial charge >= 0.3 is 6.18 Å². The Morgan fingerprint density at radius 2 is 2.29 bits per heavy atom. The van der Waals surface area contributed by atoms with Crippen LogP contribution in [0.15, 0.2) is 0 Å². The van der Waals surface area contributed by atoms with Crippen molar-refractivity contribution >= 4 is 16.7 Å². The average Bonchev–Trinajstić information content (AvgIpc) is 2.86. The van der Waals surface area contributed by atoms with Crippen molar-refractivity contribution < 1.29 is 13.2 Å². The van der Waals surface area contributed by atoms with Crippen LogP contribution in [-0.4, -0.2) is 28.5 Å². The van der Waals surface area contributed by atoms with Gasteiger partial charge < -0.3 is 10.6 Å². The molecule has 0 bridgehead atoms. The lowest BCUT2D eigenvalue weighted by molar-refractivity contribution is -0.144. The minimum Gasteiger partial charge on any atom is -0.360 e. The summed E-state index contributed by atoms with van der Waals surface area (Å²) in [5.41, 5.74) is 0. The van der Waals surface area contributed by atoms with E-state index >= 15 is 0 Å². The molecule has 96 valence electrons. The summed E-state index contributed by atoms with van der Waals surface area (Å²) >= 11 is 0.746. The van der Waals surface area contributed by atoms with Crippen LogP contribution in [0.3, 0.4) is 0 Å². The molecule has 0 aliphatic carbocycles. The fourth-order valence-electron chi connectivity index (χ4n) is 1.77. The third kappa shape index (κ3) is 3.53. The van der Waals surface area contributed by atoms with Crippen molar-refractivity contribution in [3.05, 3.63) is 5.82 Å². The molecule has 0 spiro atoms. The second-order valence-corrected chi connectivity index (χ2v) is 4.68. The number of hydrogen-bond acceptors (Lipinski definition) is 5. The summed E-state index contributed by atoms with van der Waals surface area (Å²) in [5, 5.41) is 6.42. The number of halogens is 3. The lowest BCUT2D eigenvalue weighted by atomic mass is 10.2. The number of aromatic nitrogens is 2. The minimum absolute atomic E-state index is 0.232. The predicted molar refractivity (Wildman–Crippen MR) is 59.0 cm³/mol. The Kier molecular flexibility index (Phi) is 3.82. The van der Waals surface area contributed by atoms with E-state index in [0.717, 1.165) is 30.9 Å². The van der Waals surface area contributed by atoms with Gasteiger partial charge in [0, 0.05) is 24.1 Å². The maximum absolute atomic E-state index is 12.2. The van der Waals surface area contributed by atoms with Crippen LogP contribution in [0, 0.1) is 0 Å². The highest BCUT2D eigenvalue weighted by atomic mass is 32.1. The number of alkyl halides is 3. The first-order valence-corrected chi connectivity index (χ1v) is 6.21. The summed E-state index contributed by atoms with van der Waals surface area (Å²) in [7, 11) is 0. The zero-order valence-corrected chi connectivity index (χ0v) is 9.87. The molecule has 1 aliphatic heterocycles. The molecular formula is C9H13F3N4S. The average molecular weight is 266 g/mol. The molecule has 0 saturated carbocycles. The van der Waals surface area contributed by atoms with Crippen LogP contribution < -0.4 is 10.6 Å². The highest BCUT2D eigenvalue weighted by Gasteiger charge is 2.36. The van der Waals surface area contributed by atoms with Gasteiger partial charge in [-0.2, -0.15) is 22.5 Å². The molecule has 1 unspecified atom stereocenters. The standard InChI is InChI=1S/C9H13F3N4S/c10-9(11,12)7-15-8(17-16-7)14-5-3-6-2-1-4-13-6/h6,13H,1-5H2,(H,14,15,16). The first-order valence-electron chi connectivity index (χ1n) is 5.44. The third-order valence-electron chi connectivity index (χ3n) is 2.61. The topological polar surface area (TPSA) is 49.8 Å². The van der Waals surface area contributed by atoms with Crippen molar-refractivity contribution in [1.82, 2.24) is 14.7 Å². The van der Waals surface area contributed by atoms with E-state index in [0.29, 0.717) is 12.6 Å². The highest BCUT2D eigenvalue weighted by molar-refractivity contribution is 7.09. The summed E-state index contributed by atoms with van der Waals surface area (Å²) in [4.78, 5) is 3.40. The summed E-state index contributed by atoms with van der Waals surface area (Å²) < 4.78 is 39.9. The maximum Gasteiger partial charge on any atom is 0.452 e. The smallest absolute Gasteiger partial charge is 0.360 e. The first kappa shape index (κ1) is 12.6. The van der Waals surface area contributed by atoms with Gasteiger partial charge in [-0.3, -0.25) is 0 Å². The Labute approximate surface area is 101 Å². The maximum atomic E-state index is 12.2. The zero-order chi connectivity index (χ0) is 12.3. The monoisotopic (exact) mass is 266 g/mol. The van der Waals surface area contributed by atoms with Gasteiger partial charge in [-0.25, -0.2) is 0 Å².